The summed E-state index contributed by atoms with van der Waals surface area (Å²) in [6.45, 7) is 2.38. The van der Waals surface area contributed by atoms with E-state index in [1.807, 2.05) is 33.2 Å². The van der Waals surface area contributed by atoms with E-state index in [-0.39, 0.29) is 17.9 Å². The van der Waals surface area contributed by atoms with Gasteiger partial charge in [-0.25, -0.2) is 23.4 Å². The van der Waals surface area contributed by atoms with Crippen LogP contribution in [0.4, 0.5) is 5.95 Å². The molecule has 0 aliphatic heterocycles. The molecule has 40 heavy (non-hydrogen) atoms. The Morgan fingerprint density at radius 3 is 2.58 bits per heavy atom. The van der Waals surface area contributed by atoms with Gasteiger partial charge in [-0.05, 0) is 71.3 Å². The van der Waals surface area contributed by atoms with Crippen LogP contribution in [0.25, 0.3) is 11.3 Å². The van der Waals surface area contributed by atoms with Crippen molar-refractivity contribution < 1.29 is 17.9 Å². The monoisotopic (exact) mass is 566 g/mol. The van der Waals surface area contributed by atoms with Crippen molar-refractivity contribution in [3.05, 3.63) is 54.4 Å². The molecule has 0 aromatic carbocycles. The highest BCUT2D eigenvalue weighted by Crippen LogP contribution is 2.46. The van der Waals surface area contributed by atoms with Crippen LogP contribution in [0.3, 0.4) is 0 Å². The Morgan fingerprint density at radius 2 is 1.93 bits per heavy atom. The second-order valence-corrected chi connectivity index (χ2v) is 12.5. The quantitative estimate of drug-likeness (QED) is 0.372. The van der Waals surface area contributed by atoms with E-state index in [1.165, 1.54) is 6.20 Å². The Labute approximate surface area is 233 Å². The van der Waals surface area contributed by atoms with Gasteiger partial charge in [0.05, 0.1) is 41.1 Å². The molecule has 0 spiro atoms. The minimum atomic E-state index is -3.56. The number of hydrogen-bond acceptors (Lipinski definition) is 10. The van der Waals surface area contributed by atoms with Crippen molar-refractivity contribution >= 4 is 21.9 Å². The van der Waals surface area contributed by atoms with E-state index in [1.54, 1.807) is 24.7 Å². The number of carbonyl (C=O) groups is 1. The van der Waals surface area contributed by atoms with Crippen molar-refractivity contribution in [2.75, 3.05) is 25.4 Å². The molecule has 3 unspecified atom stereocenters. The molecule has 5 rings (SSSR count). The van der Waals surface area contributed by atoms with Gasteiger partial charge >= 0.3 is 0 Å². The van der Waals surface area contributed by atoms with Gasteiger partial charge < -0.3 is 15.4 Å². The Kier molecular flexibility index (Phi) is 7.69. The lowest BCUT2D eigenvalue weighted by Gasteiger charge is -2.44. The highest BCUT2D eigenvalue weighted by atomic mass is 32.2. The number of anilines is 1. The molecule has 0 saturated heterocycles. The lowest BCUT2D eigenvalue weighted by Crippen LogP contribution is -2.51. The highest BCUT2D eigenvalue weighted by Gasteiger charge is 2.49. The first kappa shape index (κ1) is 27.8. The van der Waals surface area contributed by atoms with Gasteiger partial charge in [-0.2, -0.15) is 0 Å². The number of sulfonamides is 1. The van der Waals surface area contributed by atoms with E-state index in [4.69, 9.17) is 15.5 Å². The zero-order valence-corrected chi connectivity index (χ0v) is 23.6. The van der Waals surface area contributed by atoms with E-state index in [2.05, 4.69) is 29.6 Å². The maximum atomic E-state index is 13.1. The molecule has 2 aliphatic carbocycles. The molecule has 2 fully saturated rings. The van der Waals surface area contributed by atoms with Crippen molar-refractivity contribution in [2.45, 2.75) is 61.7 Å². The van der Waals surface area contributed by atoms with E-state index in [9.17, 15) is 13.2 Å². The van der Waals surface area contributed by atoms with Crippen LogP contribution in [-0.4, -0.2) is 76.1 Å². The summed E-state index contributed by atoms with van der Waals surface area (Å²) in [5.74, 6) is -0.259. The number of hydrogen-bond donors (Lipinski definition) is 2. The molecule has 2 aliphatic rings. The van der Waals surface area contributed by atoms with Crippen LogP contribution >= 0.6 is 0 Å². The zero-order valence-electron chi connectivity index (χ0n) is 22.8. The molecule has 12 nitrogen and oxygen atoms in total. The van der Waals surface area contributed by atoms with Crippen molar-refractivity contribution in [3.8, 4) is 17.1 Å². The van der Waals surface area contributed by atoms with Crippen molar-refractivity contribution in [2.24, 2.45) is 5.73 Å². The molecular formula is C27H34N8O4S. The number of nitrogens with zero attached hydrogens (tertiary/aromatic N) is 6. The SMILES string of the molecule is CCOc1cncc(-c2ccc(C3CC(C(N)=O)(c4ccnc(NS(=O)(=O)C5CC5)n4)CCC3N(C)C)nc2)n1. The van der Waals surface area contributed by atoms with Gasteiger partial charge in [-0.1, -0.05) is 0 Å². The normalized spacial score (nSPS) is 23.1. The molecule has 0 bridgehead atoms. The van der Waals surface area contributed by atoms with E-state index in [0.717, 1.165) is 11.3 Å². The molecular weight excluding hydrogens is 532 g/mol. The Morgan fingerprint density at radius 1 is 1.12 bits per heavy atom. The fraction of sp³-hybridized carbons (Fsp3) is 0.481. The third-order valence-corrected chi connectivity index (χ3v) is 9.56. The minimum absolute atomic E-state index is 0.0471. The Hall–Kier alpha value is -3.71. The Bertz CT molecular complexity index is 1480. The van der Waals surface area contributed by atoms with Crippen LogP contribution in [0, 0.1) is 0 Å². The van der Waals surface area contributed by atoms with Crippen LogP contribution in [0.1, 0.15) is 56.3 Å². The topological polar surface area (TPSA) is 166 Å². The van der Waals surface area contributed by atoms with Gasteiger partial charge in [-0.3, -0.25) is 19.5 Å². The van der Waals surface area contributed by atoms with Crippen LogP contribution in [0.2, 0.25) is 0 Å². The largest absolute Gasteiger partial charge is 0.477 e. The number of pyridine rings is 1. The highest BCUT2D eigenvalue weighted by molar-refractivity contribution is 7.93. The number of rotatable bonds is 10. The predicted octanol–water partition coefficient (Wildman–Crippen LogP) is 2.25. The van der Waals surface area contributed by atoms with Crippen molar-refractivity contribution in [1.82, 2.24) is 29.8 Å². The molecule has 3 aromatic heterocycles. The Balaban J connectivity index is 1.46. The molecule has 3 atom stereocenters. The first-order chi connectivity index (χ1) is 19.1. The smallest absolute Gasteiger partial charge is 0.237 e. The van der Waals surface area contributed by atoms with Crippen molar-refractivity contribution in [1.29, 1.82) is 0 Å². The first-order valence-corrected chi connectivity index (χ1v) is 14.9. The summed E-state index contributed by atoms with van der Waals surface area (Å²) >= 11 is 0. The molecule has 3 N–H and O–H groups in total. The standard InChI is InChI=1S/C27H34N8O4S/c1-4-39-24-16-29-15-21(32-24)17-5-8-20(31-14-17)19-13-27(25(28)36,11-9-22(19)35(2)3)23-10-12-30-26(33-23)34-40(37,38)18-6-7-18/h5,8,10,12,14-16,18-19,22H,4,6-7,9,11,13H2,1-3H3,(H2,28,36)(H,30,33,34). The lowest BCUT2D eigenvalue weighted by molar-refractivity contribution is -0.125. The number of carbonyl (C=O) groups excluding carboxylic acids is 1. The van der Waals surface area contributed by atoms with Gasteiger partial charge in [0, 0.05) is 35.6 Å². The molecule has 0 radical (unpaired) electrons. The molecule has 3 aromatic rings. The molecule has 1 amide bonds. The van der Waals surface area contributed by atoms with Crippen LogP contribution in [0.15, 0.2) is 43.0 Å². The average Bonchev–Trinajstić information content (AvgIpc) is 3.80. The fourth-order valence-electron chi connectivity index (χ4n) is 5.46. The van der Waals surface area contributed by atoms with Crippen molar-refractivity contribution in [3.63, 3.8) is 0 Å². The third kappa shape index (κ3) is 5.61. The number of likely N-dealkylation sites (N-methyl/N-ethyl adjacent to an activating group) is 1. The number of ether oxygens (including phenoxy) is 1. The number of amides is 1. The van der Waals surface area contributed by atoms with Crippen LogP contribution in [-0.2, 0) is 20.2 Å². The number of primary amides is 1. The lowest BCUT2D eigenvalue weighted by atomic mass is 9.64. The summed E-state index contributed by atoms with van der Waals surface area (Å²) in [6, 6.07) is 5.62. The van der Waals surface area contributed by atoms with Gasteiger partial charge in [0.2, 0.25) is 27.8 Å². The molecule has 2 saturated carbocycles. The summed E-state index contributed by atoms with van der Waals surface area (Å²) in [5.41, 5.74) is 7.61. The van der Waals surface area contributed by atoms with E-state index in [0.29, 0.717) is 56.0 Å². The average molecular weight is 567 g/mol. The molecule has 13 heteroatoms. The summed E-state index contributed by atoms with van der Waals surface area (Å²) in [6.07, 6.45) is 9.16. The first-order valence-electron chi connectivity index (χ1n) is 13.4. The second kappa shape index (κ2) is 11.0. The van der Waals surface area contributed by atoms with E-state index >= 15 is 0 Å². The van der Waals surface area contributed by atoms with Crippen LogP contribution in [0.5, 0.6) is 5.88 Å². The fourth-order valence-corrected chi connectivity index (χ4v) is 6.73. The third-order valence-electron chi connectivity index (χ3n) is 7.74. The molecule has 212 valence electrons. The number of nitrogens with one attached hydrogen (secondary N) is 1. The van der Waals surface area contributed by atoms with Crippen LogP contribution < -0.4 is 15.2 Å². The van der Waals surface area contributed by atoms with E-state index < -0.39 is 26.6 Å². The van der Waals surface area contributed by atoms with Gasteiger partial charge in [0.15, 0.2) is 0 Å². The number of aromatic nitrogens is 5. The summed E-state index contributed by atoms with van der Waals surface area (Å²) < 4.78 is 32.9. The zero-order chi connectivity index (χ0) is 28.5. The number of nitrogens with two attached hydrogens (primary N) is 1. The summed E-state index contributed by atoms with van der Waals surface area (Å²) in [5, 5.41) is -0.425. The van der Waals surface area contributed by atoms with Gasteiger partial charge in [0.25, 0.3) is 0 Å². The maximum absolute atomic E-state index is 13.1. The maximum Gasteiger partial charge on any atom is 0.237 e. The minimum Gasteiger partial charge on any atom is -0.477 e. The summed E-state index contributed by atoms with van der Waals surface area (Å²) in [7, 11) is 0.455. The second-order valence-electron chi connectivity index (χ2n) is 10.6. The van der Waals surface area contributed by atoms with Gasteiger partial charge in [-0.15, -0.1) is 0 Å². The van der Waals surface area contributed by atoms with Gasteiger partial charge in [0.1, 0.15) is 0 Å². The summed E-state index contributed by atoms with van der Waals surface area (Å²) in [4.78, 5) is 37.4. The predicted molar refractivity (Wildman–Crippen MR) is 149 cm³/mol. The molecule has 3 heterocycles.